The quantitative estimate of drug-likeness (QED) is 0.183. The van der Waals surface area contributed by atoms with E-state index in [0.29, 0.717) is 0 Å². The third kappa shape index (κ3) is 4.56. The molecule has 0 amide bonds. The van der Waals surface area contributed by atoms with Gasteiger partial charge in [0.1, 0.15) is 0 Å². The molecule has 0 atom stereocenters. The number of hydrogen-bond acceptors (Lipinski definition) is 1. The smallest absolute Gasteiger partial charge is 0.175 e. The molecule has 0 unspecified atom stereocenters. The molecule has 0 N–H and O–H groups in total. The van der Waals surface area contributed by atoms with E-state index in [9.17, 15) is 0 Å². The van der Waals surface area contributed by atoms with Crippen molar-refractivity contribution >= 4 is 60.2 Å². The zero-order valence-electron chi connectivity index (χ0n) is 22.4. The second kappa shape index (κ2) is 9.32. The molecule has 4 aromatic carbocycles. The number of para-hydroxylation sites is 4. The number of benzene rings is 4. The lowest BCUT2D eigenvalue weighted by Gasteiger charge is -2.34. The van der Waals surface area contributed by atoms with Gasteiger partial charge in [0.2, 0.25) is 0 Å². The first-order chi connectivity index (χ1) is 17.8. The molecule has 0 bridgehead atoms. The van der Waals surface area contributed by atoms with Crippen molar-refractivity contribution in [3.63, 3.8) is 0 Å². The zero-order valence-corrected chi connectivity index (χ0v) is 24.4. The van der Waals surface area contributed by atoms with Crippen molar-refractivity contribution in [2.75, 3.05) is 0 Å². The average Bonchev–Trinajstić information content (AvgIpc) is 3.39. The van der Waals surface area contributed by atoms with Crippen LogP contribution in [0.1, 0.15) is 0 Å². The molecule has 0 spiro atoms. The highest BCUT2D eigenvalue weighted by Crippen LogP contribution is 2.32. The van der Waals surface area contributed by atoms with E-state index in [-0.39, 0.29) is 0 Å². The topological polar surface area (TPSA) is 19.1 Å². The molecule has 2 heterocycles. The lowest BCUT2D eigenvalue weighted by molar-refractivity contribution is 0.524. The minimum absolute atomic E-state index is 1.00. The number of aryl methyl sites for hydroxylation is 2. The third-order valence-corrected chi connectivity index (χ3v) is 15.1. The second-order valence-electron chi connectivity index (χ2n) is 11.5. The number of fused-ring (bicyclic) bond motifs is 6. The molecule has 5 heteroatoms. The van der Waals surface area contributed by atoms with Crippen LogP contribution in [0.5, 0.6) is 0 Å². The standard InChI is InChI=1S/C32H36N2OSi2/c1-36(2,23-21-33-29-17-9-5-13-25(29)26-14-6-10-18-30(26)33)35-37(3,4)24-22-34-31-19-11-7-15-27(31)28-16-8-12-20-32(28)34/h5-20H,21-24H2,1-4H3. The highest BCUT2D eigenvalue weighted by atomic mass is 28.4. The first-order valence-corrected chi connectivity index (χ1v) is 19.7. The summed E-state index contributed by atoms with van der Waals surface area (Å²) in [5.74, 6) is 0. The molecular weight excluding hydrogens is 485 g/mol. The van der Waals surface area contributed by atoms with Crippen molar-refractivity contribution in [2.24, 2.45) is 0 Å². The Morgan fingerprint density at radius 2 is 0.730 bits per heavy atom. The Hall–Kier alpha value is -3.13. The molecule has 0 aliphatic rings. The Bertz CT molecular complexity index is 1490. The fourth-order valence-corrected chi connectivity index (χ4v) is 14.4. The first-order valence-electron chi connectivity index (χ1n) is 13.5. The highest BCUT2D eigenvalue weighted by molar-refractivity contribution is 6.84. The predicted molar refractivity (Wildman–Crippen MR) is 165 cm³/mol. The van der Waals surface area contributed by atoms with E-state index in [0.717, 1.165) is 25.2 Å². The highest BCUT2D eigenvalue weighted by Gasteiger charge is 2.33. The van der Waals surface area contributed by atoms with Crippen LogP contribution in [0.3, 0.4) is 0 Å². The van der Waals surface area contributed by atoms with Crippen LogP contribution in [-0.4, -0.2) is 25.8 Å². The van der Waals surface area contributed by atoms with Gasteiger partial charge in [0.05, 0.1) is 0 Å². The maximum absolute atomic E-state index is 7.12. The van der Waals surface area contributed by atoms with E-state index in [1.54, 1.807) is 0 Å². The monoisotopic (exact) mass is 520 g/mol. The van der Waals surface area contributed by atoms with Crippen LogP contribution in [0.15, 0.2) is 97.1 Å². The van der Waals surface area contributed by atoms with Gasteiger partial charge in [-0.3, -0.25) is 0 Å². The number of rotatable bonds is 8. The zero-order chi connectivity index (χ0) is 25.6. The van der Waals surface area contributed by atoms with Crippen molar-refractivity contribution in [3.05, 3.63) is 97.1 Å². The van der Waals surface area contributed by atoms with Crippen LogP contribution >= 0.6 is 0 Å². The third-order valence-electron chi connectivity index (χ3n) is 7.79. The molecule has 6 rings (SSSR count). The van der Waals surface area contributed by atoms with Gasteiger partial charge in [0, 0.05) is 56.7 Å². The average molecular weight is 521 g/mol. The maximum atomic E-state index is 7.12. The predicted octanol–water partition coefficient (Wildman–Crippen LogP) is 9.03. The fourth-order valence-electron chi connectivity index (χ4n) is 6.10. The van der Waals surface area contributed by atoms with Crippen LogP contribution < -0.4 is 0 Å². The minimum atomic E-state index is -1.87. The maximum Gasteiger partial charge on any atom is 0.175 e. The van der Waals surface area contributed by atoms with Crippen molar-refractivity contribution in [2.45, 2.75) is 51.4 Å². The Labute approximate surface area is 221 Å². The van der Waals surface area contributed by atoms with Crippen LogP contribution in [-0.2, 0) is 17.2 Å². The fraction of sp³-hybridized carbons (Fsp3) is 0.250. The van der Waals surface area contributed by atoms with Gasteiger partial charge in [-0.05, 0) is 62.5 Å². The van der Waals surface area contributed by atoms with Gasteiger partial charge in [0.15, 0.2) is 16.6 Å². The lowest BCUT2D eigenvalue weighted by atomic mass is 10.2. The molecule has 0 fully saturated rings. The SMILES string of the molecule is C[Si](C)(CCn1c2ccccc2c2ccccc21)O[Si](C)(C)CCn1c2ccccc2c2ccccc21. The normalized spacial score (nSPS) is 12.9. The molecule has 37 heavy (non-hydrogen) atoms. The van der Waals surface area contributed by atoms with E-state index in [1.165, 1.54) is 43.6 Å². The molecule has 0 aliphatic heterocycles. The molecular formula is C32H36N2OSi2. The van der Waals surface area contributed by atoms with Gasteiger partial charge in [0.25, 0.3) is 0 Å². The Kier molecular flexibility index (Phi) is 6.10. The molecule has 0 saturated carbocycles. The van der Waals surface area contributed by atoms with Gasteiger partial charge in [-0.25, -0.2) is 0 Å². The summed E-state index contributed by atoms with van der Waals surface area (Å²) >= 11 is 0. The van der Waals surface area contributed by atoms with Crippen molar-refractivity contribution < 1.29 is 4.12 Å². The van der Waals surface area contributed by atoms with Gasteiger partial charge >= 0.3 is 0 Å². The number of hydrogen-bond donors (Lipinski definition) is 0. The summed E-state index contributed by atoms with van der Waals surface area (Å²) in [6, 6.07) is 37.5. The molecule has 188 valence electrons. The molecule has 0 saturated heterocycles. The van der Waals surface area contributed by atoms with Crippen molar-refractivity contribution in [1.29, 1.82) is 0 Å². The van der Waals surface area contributed by atoms with E-state index >= 15 is 0 Å². The van der Waals surface area contributed by atoms with Crippen molar-refractivity contribution in [1.82, 2.24) is 9.13 Å². The number of aromatic nitrogens is 2. The summed E-state index contributed by atoms with van der Waals surface area (Å²) in [6.07, 6.45) is 0. The first kappa shape index (κ1) is 24.2. The van der Waals surface area contributed by atoms with Crippen molar-refractivity contribution in [3.8, 4) is 0 Å². The van der Waals surface area contributed by atoms with Gasteiger partial charge in [-0.15, -0.1) is 0 Å². The molecule has 2 aromatic heterocycles. The summed E-state index contributed by atoms with van der Waals surface area (Å²) < 4.78 is 12.1. The molecule has 3 nitrogen and oxygen atoms in total. The van der Waals surface area contributed by atoms with Crippen LogP contribution in [0, 0.1) is 0 Å². The van der Waals surface area contributed by atoms with Crippen LogP contribution in [0.25, 0.3) is 43.6 Å². The van der Waals surface area contributed by atoms with E-state index in [4.69, 9.17) is 4.12 Å². The molecule has 6 aromatic rings. The molecule has 0 aliphatic carbocycles. The Balaban J connectivity index is 1.20. The summed E-state index contributed by atoms with van der Waals surface area (Å²) in [5.41, 5.74) is 5.32. The van der Waals surface area contributed by atoms with Gasteiger partial charge in [-0.2, -0.15) is 0 Å². The summed E-state index contributed by atoms with van der Waals surface area (Å²) in [6.45, 7) is 11.7. The van der Waals surface area contributed by atoms with E-state index in [2.05, 4.69) is 132 Å². The summed E-state index contributed by atoms with van der Waals surface area (Å²) in [5, 5.41) is 5.39. The summed E-state index contributed by atoms with van der Waals surface area (Å²) in [4.78, 5) is 0. The molecule has 0 radical (unpaired) electrons. The lowest BCUT2D eigenvalue weighted by Crippen LogP contribution is -2.45. The van der Waals surface area contributed by atoms with E-state index < -0.39 is 16.6 Å². The van der Waals surface area contributed by atoms with Crippen LogP contribution in [0.2, 0.25) is 38.3 Å². The Morgan fingerprint density at radius 3 is 1.03 bits per heavy atom. The van der Waals surface area contributed by atoms with Gasteiger partial charge in [-0.1, -0.05) is 72.8 Å². The van der Waals surface area contributed by atoms with E-state index in [1.807, 2.05) is 0 Å². The summed E-state index contributed by atoms with van der Waals surface area (Å²) in [7, 11) is -3.73. The van der Waals surface area contributed by atoms with Crippen LogP contribution in [0.4, 0.5) is 0 Å². The minimum Gasteiger partial charge on any atom is -0.455 e. The van der Waals surface area contributed by atoms with Gasteiger partial charge < -0.3 is 13.2 Å². The number of nitrogens with zero attached hydrogens (tertiary/aromatic N) is 2. The largest absolute Gasteiger partial charge is 0.455 e. The second-order valence-corrected chi connectivity index (χ2v) is 20.3. The Morgan fingerprint density at radius 1 is 0.459 bits per heavy atom.